The zero-order valence-electron chi connectivity index (χ0n) is 10.4. The van der Waals surface area contributed by atoms with Gasteiger partial charge in [-0.2, -0.15) is 0 Å². The van der Waals surface area contributed by atoms with Gasteiger partial charge in [0, 0.05) is 6.07 Å². The Kier molecular flexibility index (Phi) is 3.97. The average Bonchev–Trinajstić information content (AvgIpc) is 2.40. The van der Waals surface area contributed by atoms with Gasteiger partial charge in [0.1, 0.15) is 31.1 Å². The van der Waals surface area contributed by atoms with Crippen molar-refractivity contribution in [1.29, 1.82) is 0 Å². The van der Waals surface area contributed by atoms with Crippen molar-refractivity contribution < 1.29 is 18.7 Å². The highest BCUT2D eigenvalue weighted by Crippen LogP contribution is 2.13. The van der Waals surface area contributed by atoms with E-state index in [-0.39, 0.29) is 36.0 Å². The Labute approximate surface area is 109 Å². The van der Waals surface area contributed by atoms with Crippen LogP contribution in [0.1, 0.15) is 16.9 Å². The molecule has 100 valence electrons. The first kappa shape index (κ1) is 13.3. The Balaban J connectivity index is 2.14. The van der Waals surface area contributed by atoms with E-state index in [4.69, 9.17) is 14.3 Å². The highest BCUT2D eigenvalue weighted by molar-refractivity contribution is 5.27. The molecule has 0 atom stereocenters. The van der Waals surface area contributed by atoms with Gasteiger partial charge in [-0.05, 0) is 30.2 Å². The molecule has 0 unspecified atom stereocenters. The summed E-state index contributed by atoms with van der Waals surface area (Å²) in [7, 11) is 0. The van der Waals surface area contributed by atoms with E-state index in [0.717, 1.165) is 17.9 Å². The topological polar surface area (TPSA) is 59.7 Å². The van der Waals surface area contributed by atoms with Crippen LogP contribution in [0.4, 0.5) is 4.39 Å². The standard InChI is InChI=1S/C14H13FO4/c1-9-2-3-11(15)4-10(9)7-19-14-8-18-12(6-16)5-13(14)17/h2-5,8,16H,6-7H2,1H3. The van der Waals surface area contributed by atoms with Crippen molar-refractivity contribution in [2.45, 2.75) is 20.1 Å². The van der Waals surface area contributed by atoms with Gasteiger partial charge >= 0.3 is 0 Å². The Bertz CT molecular complexity index is 634. The molecule has 0 bridgehead atoms. The van der Waals surface area contributed by atoms with Gasteiger partial charge in [0.05, 0.1) is 0 Å². The van der Waals surface area contributed by atoms with E-state index in [9.17, 15) is 9.18 Å². The van der Waals surface area contributed by atoms with Crippen LogP contribution in [0.25, 0.3) is 0 Å². The first-order chi connectivity index (χ1) is 9.10. The monoisotopic (exact) mass is 264 g/mol. The lowest BCUT2D eigenvalue weighted by Crippen LogP contribution is -2.08. The molecule has 0 saturated carbocycles. The molecule has 0 radical (unpaired) electrons. The summed E-state index contributed by atoms with van der Waals surface area (Å²) in [4.78, 5) is 11.6. The second-order valence-electron chi connectivity index (χ2n) is 4.09. The van der Waals surface area contributed by atoms with Crippen molar-refractivity contribution in [3.8, 4) is 5.75 Å². The highest BCUT2D eigenvalue weighted by Gasteiger charge is 2.06. The average molecular weight is 264 g/mol. The number of hydrogen-bond acceptors (Lipinski definition) is 4. The Morgan fingerprint density at radius 3 is 2.84 bits per heavy atom. The van der Waals surface area contributed by atoms with Crippen LogP contribution in [0.15, 0.2) is 39.7 Å². The minimum Gasteiger partial charge on any atom is -0.482 e. The molecule has 1 N–H and O–H groups in total. The molecule has 0 aliphatic heterocycles. The number of halogens is 1. The third-order valence-electron chi connectivity index (χ3n) is 2.70. The molecular weight excluding hydrogens is 251 g/mol. The van der Waals surface area contributed by atoms with Crippen molar-refractivity contribution >= 4 is 0 Å². The molecule has 0 spiro atoms. The fourth-order valence-corrected chi connectivity index (χ4v) is 1.58. The van der Waals surface area contributed by atoms with Gasteiger partial charge in [-0.15, -0.1) is 0 Å². The molecule has 0 amide bonds. The third kappa shape index (κ3) is 3.20. The zero-order valence-corrected chi connectivity index (χ0v) is 10.4. The third-order valence-corrected chi connectivity index (χ3v) is 2.70. The van der Waals surface area contributed by atoms with Crippen LogP contribution in [0.2, 0.25) is 0 Å². The van der Waals surface area contributed by atoms with Crippen LogP contribution in [-0.4, -0.2) is 5.11 Å². The molecule has 1 heterocycles. The molecule has 4 nitrogen and oxygen atoms in total. The molecule has 0 aliphatic rings. The predicted octanol–water partition coefficient (Wildman–Crippen LogP) is 2.16. The van der Waals surface area contributed by atoms with Crippen molar-refractivity contribution in [2.24, 2.45) is 0 Å². The maximum Gasteiger partial charge on any atom is 0.227 e. The molecule has 1 aromatic carbocycles. The summed E-state index contributed by atoms with van der Waals surface area (Å²) in [6.45, 7) is 1.56. The van der Waals surface area contributed by atoms with Crippen LogP contribution >= 0.6 is 0 Å². The predicted molar refractivity (Wildman–Crippen MR) is 66.4 cm³/mol. The van der Waals surface area contributed by atoms with E-state index in [1.807, 2.05) is 6.92 Å². The number of rotatable bonds is 4. The maximum absolute atomic E-state index is 13.1. The van der Waals surface area contributed by atoms with E-state index >= 15 is 0 Å². The molecule has 0 fully saturated rings. The number of ether oxygens (including phenoxy) is 1. The summed E-state index contributed by atoms with van der Waals surface area (Å²) in [5.41, 5.74) is 1.15. The van der Waals surface area contributed by atoms with Gasteiger partial charge in [-0.1, -0.05) is 6.07 Å². The normalized spacial score (nSPS) is 10.5. The Morgan fingerprint density at radius 1 is 1.37 bits per heavy atom. The quantitative estimate of drug-likeness (QED) is 0.919. The minimum atomic E-state index is -0.385. The summed E-state index contributed by atoms with van der Waals surface area (Å²) < 4.78 is 23.4. The SMILES string of the molecule is Cc1ccc(F)cc1COc1coc(CO)cc1=O. The molecule has 2 aromatic rings. The number of aliphatic hydroxyl groups is 1. The van der Waals surface area contributed by atoms with Crippen LogP contribution < -0.4 is 10.2 Å². The van der Waals surface area contributed by atoms with Crippen LogP contribution in [-0.2, 0) is 13.2 Å². The molecule has 2 rings (SSSR count). The summed E-state index contributed by atoms with van der Waals surface area (Å²) in [6.07, 6.45) is 1.14. The van der Waals surface area contributed by atoms with Crippen LogP contribution in [0.3, 0.4) is 0 Å². The maximum atomic E-state index is 13.1. The van der Waals surface area contributed by atoms with Gasteiger partial charge in [-0.3, -0.25) is 4.79 Å². The minimum absolute atomic E-state index is 0.0286. The fourth-order valence-electron chi connectivity index (χ4n) is 1.58. The van der Waals surface area contributed by atoms with E-state index < -0.39 is 0 Å². The number of benzene rings is 1. The van der Waals surface area contributed by atoms with Crippen LogP contribution in [0.5, 0.6) is 5.75 Å². The Hall–Kier alpha value is -2.14. The molecule has 0 saturated heterocycles. The molecular formula is C14H13FO4. The van der Waals surface area contributed by atoms with Gasteiger partial charge in [0.15, 0.2) is 0 Å². The van der Waals surface area contributed by atoms with Gasteiger partial charge in [-0.25, -0.2) is 4.39 Å². The zero-order chi connectivity index (χ0) is 13.8. The molecule has 0 aliphatic carbocycles. The smallest absolute Gasteiger partial charge is 0.227 e. The number of aliphatic hydroxyl groups excluding tert-OH is 1. The van der Waals surface area contributed by atoms with E-state index in [1.165, 1.54) is 12.1 Å². The lowest BCUT2D eigenvalue weighted by molar-refractivity contribution is 0.236. The van der Waals surface area contributed by atoms with E-state index in [1.54, 1.807) is 6.07 Å². The lowest BCUT2D eigenvalue weighted by atomic mass is 10.1. The van der Waals surface area contributed by atoms with E-state index in [2.05, 4.69) is 0 Å². The number of hydrogen-bond donors (Lipinski definition) is 1. The first-order valence-corrected chi connectivity index (χ1v) is 5.70. The van der Waals surface area contributed by atoms with Crippen LogP contribution in [0, 0.1) is 12.7 Å². The molecule has 5 heteroatoms. The van der Waals surface area contributed by atoms with Gasteiger partial charge < -0.3 is 14.3 Å². The van der Waals surface area contributed by atoms with Crippen molar-refractivity contribution in [3.05, 3.63) is 63.5 Å². The molecule has 1 aromatic heterocycles. The summed E-state index contributed by atoms with van der Waals surface area (Å²) in [5, 5.41) is 8.81. The van der Waals surface area contributed by atoms with E-state index in [0.29, 0.717) is 5.56 Å². The van der Waals surface area contributed by atoms with Gasteiger partial charge in [0.2, 0.25) is 11.2 Å². The van der Waals surface area contributed by atoms with Gasteiger partial charge in [0.25, 0.3) is 0 Å². The Morgan fingerprint density at radius 2 is 2.16 bits per heavy atom. The highest BCUT2D eigenvalue weighted by atomic mass is 19.1. The largest absolute Gasteiger partial charge is 0.482 e. The van der Waals surface area contributed by atoms with Crippen molar-refractivity contribution in [2.75, 3.05) is 0 Å². The second kappa shape index (κ2) is 5.67. The summed E-state index contributed by atoms with van der Waals surface area (Å²) in [6, 6.07) is 5.53. The lowest BCUT2D eigenvalue weighted by Gasteiger charge is -2.08. The van der Waals surface area contributed by atoms with Crippen molar-refractivity contribution in [3.63, 3.8) is 0 Å². The molecule has 19 heavy (non-hydrogen) atoms. The number of aryl methyl sites for hydroxylation is 1. The second-order valence-corrected chi connectivity index (χ2v) is 4.09. The fraction of sp³-hybridized carbons (Fsp3) is 0.214. The first-order valence-electron chi connectivity index (χ1n) is 5.70. The summed E-state index contributed by atoms with van der Waals surface area (Å²) in [5.74, 6) is -0.160. The summed E-state index contributed by atoms with van der Waals surface area (Å²) >= 11 is 0. The van der Waals surface area contributed by atoms with Crippen molar-refractivity contribution in [1.82, 2.24) is 0 Å².